The van der Waals surface area contributed by atoms with Crippen LogP contribution >= 0.6 is 0 Å². The average molecular weight is 228 g/mol. The highest BCUT2D eigenvalue weighted by molar-refractivity contribution is 4.81. The quantitative estimate of drug-likeness (QED) is 0.672. The molecule has 0 aromatic rings. The Hall–Kier alpha value is -0.120. The summed E-state index contributed by atoms with van der Waals surface area (Å²) >= 11 is 0. The second-order valence-electron chi connectivity index (χ2n) is 5.02. The van der Waals surface area contributed by atoms with E-state index >= 15 is 0 Å². The molecule has 0 aliphatic carbocycles. The lowest BCUT2D eigenvalue weighted by Crippen LogP contribution is -2.53. The predicted octanol–water partition coefficient (Wildman–Crippen LogP) is 1.73. The summed E-state index contributed by atoms with van der Waals surface area (Å²) in [5, 5.41) is 3.48. The van der Waals surface area contributed by atoms with E-state index in [-0.39, 0.29) is 0 Å². The average Bonchev–Trinajstić information content (AvgIpc) is 2.29. The van der Waals surface area contributed by atoms with Crippen LogP contribution in [0.5, 0.6) is 0 Å². The van der Waals surface area contributed by atoms with Gasteiger partial charge in [-0.1, -0.05) is 20.8 Å². The Bertz CT molecular complexity index is 173. The monoisotopic (exact) mass is 228 g/mol. The van der Waals surface area contributed by atoms with Gasteiger partial charge < -0.3 is 10.1 Å². The minimum Gasteiger partial charge on any atom is -0.381 e. The van der Waals surface area contributed by atoms with Crippen molar-refractivity contribution >= 4 is 0 Å². The Morgan fingerprint density at radius 1 is 1.38 bits per heavy atom. The maximum absolute atomic E-state index is 5.53. The molecule has 0 amide bonds. The summed E-state index contributed by atoms with van der Waals surface area (Å²) in [6.45, 7) is 13.3. The first-order chi connectivity index (χ1) is 7.75. The summed E-state index contributed by atoms with van der Waals surface area (Å²) in [5.74, 6) is 0.740. The van der Waals surface area contributed by atoms with Gasteiger partial charge in [-0.2, -0.15) is 0 Å². The van der Waals surface area contributed by atoms with Crippen molar-refractivity contribution in [3.63, 3.8) is 0 Å². The van der Waals surface area contributed by atoms with Crippen LogP contribution in [0.25, 0.3) is 0 Å². The summed E-state index contributed by atoms with van der Waals surface area (Å²) < 4.78 is 5.53. The van der Waals surface area contributed by atoms with Crippen molar-refractivity contribution in [2.24, 2.45) is 5.92 Å². The first-order valence-corrected chi connectivity index (χ1v) is 6.78. The molecule has 3 nitrogen and oxygen atoms in total. The molecule has 0 spiro atoms. The zero-order chi connectivity index (χ0) is 11.8. The first-order valence-electron chi connectivity index (χ1n) is 6.78. The van der Waals surface area contributed by atoms with Gasteiger partial charge in [0.25, 0.3) is 0 Å². The maximum atomic E-state index is 5.53. The fraction of sp³-hybridized carbons (Fsp3) is 1.00. The van der Waals surface area contributed by atoms with Gasteiger partial charge in [-0.05, 0) is 18.8 Å². The summed E-state index contributed by atoms with van der Waals surface area (Å²) in [4.78, 5) is 2.62. The van der Waals surface area contributed by atoms with Crippen LogP contribution in [0.1, 0.15) is 33.6 Å². The predicted molar refractivity (Wildman–Crippen MR) is 68.8 cm³/mol. The van der Waals surface area contributed by atoms with E-state index in [1.807, 2.05) is 0 Å². The normalized spacial score (nSPS) is 22.9. The summed E-state index contributed by atoms with van der Waals surface area (Å²) in [6, 6.07) is 0.708. The van der Waals surface area contributed by atoms with Crippen LogP contribution in [0, 0.1) is 5.92 Å². The SMILES string of the molecule is CCCOCCCN1CCNCC1C(C)C. The Morgan fingerprint density at radius 2 is 2.19 bits per heavy atom. The van der Waals surface area contributed by atoms with Gasteiger partial charge in [-0.25, -0.2) is 0 Å². The van der Waals surface area contributed by atoms with E-state index in [4.69, 9.17) is 4.74 Å². The van der Waals surface area contributed by atoms with Gasteiger partial charge in [0.2, 0.25) is 0 Å². The van der Waals surface area contributed by atoms with Crippen molar-refractivity contribution in [3.8, 4) is 0 Å². The number of nitrogens with zero attached hydrogens (tertiary/aromatic N) is 1. The molecule has 1 aliphatic rings. The second kappa shape index (κ2) is 8.04. The van der Waals surface area contributed by atoms with E-state index in [1.54, 1.807) is 0 Å². The van der Waals surface area contributed by atoms with E-state index in [2.05, 4.69) is 31.0 Å². The molecular weight excluding hydrogens is 200 g/mol. The van der Waals surface area contributed by atoms with E-state index in [1.165, 1.54) is 19.5 Å². The van der Waals surface area contributed by atoms with Gasteiger partial charge in [0, 0.05) is 45.4 Å². The molecule has 1 unspecified atom stereocenters. The van der Waals surface area contributed by atoms with Gasteiger partial charge in [0.05, 0.1) is 0 Å². The number of nitrogens with one attached hydrogen (secondary N) is 1. The van der Waals surface area contributed by atoms with Crippen LogP contribution in [0.4, 0.5) is 0 Å². The molecule has 1 atom stereocenters. The van der Waals surface area contributed by atoms with E-state index < -0.39 is 0 Å². The third-order valence-electron chi connectivity index (χ3n) is 3.25. The molecule has 0 saturated carbocycles. The summed E-state index contributed by atoms with van der Waals surface area (Å²) in [6.07, 6.45) is 2.30. The van der Waals surface area contributed by atoms with Crippen molar-refractivity contribution in [2.75, 3.05) is 39.4 Å². The molecule has 1 rings (SSSR count). The van der Waals surface area contributed by atoms with Crippen LogP contribution in [0.3, 0.4) is 0 Å². The molecule has 0 bridgehead atoms. The lowest BCUT2D eigenvalue weighted by Gasteiger charge is -2.38. The highest BCUT2D eigenvalue weighted by Gasteiger charge is 2.23. The molecule has 1 N–H and O–H groups in total. The van der Waals surface area contributed by atoms with Gasteiger partial charge in [-0.15, -0.1) is 0 Å². The minimum atomic E-state index is 0.708. The summed E-state index contributed by atoms with van der Waals surface area (Å²) in [7, 11) is 0. The lowest BCUT2D eigenvalue weighted by atomic mass is 10.0. The largest absolute Gasteiger partial charge is 0.381 e. The number of ether oxygens (including phenoxy) is 1. The number of hydrogen-bond donors (Lipinski definition) is 1. The molecule has 0 radical (unpaired) electrons. The van der Waals surface area contributed by atoms with Crippen LogP contribution in [0.15, 0.2) is 0 Å². The Labute approximate surface area is 101 Å². The van der Waals surface area contributed by atoms with Gasteiger partial charge in [0.1, 0.15) is 0 Å². The molecule has 96 valence electrons. The standard InChI is InChI=1S/C13H28N2O/c1-4-9-16-10-5-7-15-8-6-14-11-13(15)12(2)3/h12-14H,4-11H2,1-3H3. The molecule has 1 saturated heterocycles. The fourth-order valence-electron chi connectivity index (χ4n) is 2.32. The topological polar surface area (TPSA) is 24.5 Å². The first kappa shape index (κ1) is 13.9. The van der Waals surface area contributed by atoms with E-state index in [9.17, 15) is 0 Å². The third-order valence-corrected chi connectivity index (χ3v) is 3.25. The smallest absolute Gasteiger partial charge is 0.0478 e. The molecule has 1 fully saturated rings. The van der Waals surface area contributed by atoms with E-state index in [0.717, 1.165) is 38.6 Å². The molecule has 1 heterocycles. The molecule has 0 aromatic carbocycles. The molecule has 16 heavy (non-hydrogen) atoms. The zero-order valence-corrected chi connectivity index (χ0v) is 11.2. The second-order valence-corrected chi connectivity index (χ2v) is 5.02. The van der Waals surface area contributed by atoms with Crippen LogP contribution in [-0.2, 0) is 4.74 Å². The number of hydrogen-bond acceptors (Lipinski definition) is 3. The van der Waals surface area contributed by atoms with Crippen LogP contribution in [-0.4, -0.2) is 50.3 Å². The molecule has 0 aromatic heterocycles. The van der Waals surface area contributed by atoms with Crippen molar-refractivity contribution in [1.29, 1.82) is 0 Å². The number of piperazine rings is 1. The van der Waals surface area contributed by atoms with Crippen LogP contribution < -0.4 is 5.32 Å². The van der Waals surface area contributed by atoms with Gasteiger partial charge in [-0.3, -0.25) is 4.90 Å². The van der Waals surface area contributed by atoms with Crippen molar-refractivity contribution in [1.82, 2.24) is 10.2 Å². The van der Waals surface area contributed by atoms with Crippen LogP contribution in [0.2, 0.25) is 0 Å². The van der Waals surface area contributed by atoms with Gasteiger partial charge >= 0.3 is 0 Å². The maximum Gasteiger partial charge on any atom is 0.0478 e. The van der Waals surface area contributed by atoms with Crippen molar-refractivity contribution in [2.45, 2.75) is 39.7 Å². The fourth-order valence-corrected chi connectivity index (χ4v) is 2.32. The number of rotatable bonds is 7. The highest BCUT2D eigenvalue weighted by atomic mass is 16.5. The lowest BCUT2D eigenvalue weighted by molar-refractivity contribution is 0.0900. The highest BCUT2D eigenvalue weighted by Crippen LogP contribution is 2.12. The minimum absolute atomic E-state index is 0.708. The molecular formula is C13H28N2O. The molecule has 3 heteroatoms. The van der Waals surface area contributed by atoms with Crippen molar-refractivity contribution < 1.29 is 4.74 Å². The van der Waals surface area contributed by atoms with Gasteiger partial charge in [0.15, 0.2) is 0 Å². The van der Waals surface area contributed by atoms with E-state index in [0.29, 0.717) is 6.04 Å². The Morgan fingerprint density at radius 3 is 2.88 bits per heavy atom. The zero-order valence-electron chi connectivity index (χ0n) is 11.2. The Kier molecular flexibility index (Phi) is 7.01. The van der Waals surface area contributed by atoms with Crippen molar-refractivity contribution in [3.05, 3.63) is 0 Å². The Balaban J connectivity index is 2.17. The summed E-state index contributed by atoms with van der Waals surface area (Å²) in [5.41, 5.74) is 0. The third kappa shape index (κ3) is 4.81. The molecule has 1 aliphatic heterocycles.